The maximum absolute atomic E-state index is 12.6. The van der Waals surface area contributed by atoms with Crippen molar-refractivity contribution in [3.05, 3.63) is 16.8 Å². The van der Waals surface area contributed by atoms with Crippen LogP contribution >= 0.6 is 15.6 Å². The Kier molecular flexibility index (Phi) is 10.7. The zero-order valence-corrected chi connectivity index (χ0v) is 31.2. The Morgan fingerprint density at radius 3 is 2.20 bits per heavy atom. The van der Waals surface area contributed by atoms with Crippen molar-refractivity contribution in [2.45, 2.75) is 109 Å². The number of anilines is 1. The zero-order valence-electron chi connectivity index (χ0n) is 29.4. The van der Waals surface area contributed by atoms with Crippen LogP contribution in [0.2, 0.25) is 0 Å². The van der Waals surface area contributed by atoms with Gasteiger partial charge < -0.3 is 53.2 Å². The standard InChI is InChI=1S/C22H30N8O12P2.C6H15N/c1-21(2)38-13-9-5-10(14(13)39-21)29-8-25-18-12(17(29)23)26-20(27-28-24)30(18)19-16-15(40-22(3,4)41-16)11(37-19)7-36-44(33,34)42-43(31,32)35-6-9;1-4-7(5-2)6-3/h8-11,13-16,19,23H,5-7H2,1-4H3,(H2,31,32,33,34);4-6H2,1-3H3/t9-,10-,11-,13-,14+,15-,16-,19-;/m1./s1. The van der Waals surface area contributed by atoms with Crippen molar-refractivity contribution in [1.82, 2.24) is 14.5 Å². The van der Waals surface area contributed by atoms with E-state index in [9.17, 15) is 24.4 Å². The first-order valence-electron chi connectivity index (χ1n) is 16.9. The van der Waals surface area contributed by atoms with Crippen LogP contribution in [0.4, 0.5) is 11.8 Å². The van der Waals surface area contributed by atoms with Crippen LogP contribution in [0, 0.1) is 5.92 Å². The highest BCUT2D eigenvalue weighted by atomic mass is 31.3. The lowest BCUT2D eigenvalue weighted by molar-refractivity contribution is -0.894. The summed E-state index contributed by atoms with van der Waals surface area (Å²) >= 11 is 0. The Hall–Kier alpha value is -2.32. The van der Waals surface area contributed by atoms with Gasteiger partial charge in [0.05, 0.1) is 39.0 Å². The molecule has 2 unspecified atom stereocenters. The summed E-state index contributed by atoms with van der Waals surface area (Å²) in [6, 6.07) is -0.538. The molecular weight excluding hydrogens is 716 g/mol. The molecule has 6 aliphatic rings. The lowest BCUT2D eigenvalue weighted by Gasteiger charge is -2.32. The molecule has 7 heterocycles. The van der Waals surface area contributed by atoms with Gasteiger partial charge in [0, 0.05) is 10.8 Å². The molecular formula is C28H45N9O12P2. The molecule has 21 nitrogen and oxygen atoms in total. The quantitative estimate of drug-likeness (QED) is 0.143. The van der Waals surface area contributed by atoms with Gasteiger partial charge in [-0.25, -0.2) is 13.9 Å². The molecule has 8 bridgehead atoms. The maximum Gasteiger partial charge on any atom is 0.274 e. The van der Waals surface area contributed by atoms with Gasteiger partial charge in [-0.3, -0.25) is 13.7 Å². The van der Waals surface area contributed by atoms with Crippen molar-refractivity contribution in [3.8, 4) is 0 Å². The largest absolute Gasteiger partial charge is 0.756 e. The summed E-state index contributed by atoms with van der Waals surface area (Å²) in [7, 11) is -10.9. The highest BCUT2D eigenvalue weighted by Gasteiger charge is 2.58. The minimum absolute atomic E-state index is 0.145. The number of nitrogens with one attached hydrogen (secondary N) is 1. The van der Waals surface area contributed by atoms with E-state index in [0.29, 0.717) is 0 Å². The van der Waals surface area contributed by atoms with Gasteiger partial charge in [0.2, 0.25) is 17.9 Å². The molecule has 3 saturated heterocycles. The number of phosphoric ester groups is 2. The Morgan fingerprint density at radius 2 is 1.59 bits per heavy atom. The number of hydrogen-bond acceptors (Lipinski definition) is 16. The second-order valence-corrected chi connectivity index (χ2v) is 16.8. The number of phosphoric acid groups is 2. The predicted molar refractivity (Wildman–Crippen MR) is 170 cm³/mol. The molecule has 4 fully saturated rings. The molecule has 5 aliphatic heterocycles. The van der Waals surface area contributed by atoms with E-state index >= 15 is 0 Å². The van der Waals surface area contributed by atoms with Crippen molar-refractivity contribution < 1.29 is 65.4 Å². The van der Waals surface area contributed by atoms with Crippen molar-refractivity contribution in [2.75, 3.05) is 38.6 Å². The van der Waals surface area contributed by atoms with Crippen LogP contribution in [0.15, 0.2) is 11.4 Å². The summed E-state index contributed by atoms with van der Waals surface area (Å²) in [4.78, 5) is 38.9. The van der Waals surface area contributed by atoms with E-state index in [4.69, 9.17) is 38.5 Å². The number of azide groups is 1. The Balaban J connectivity index is 0.000000582. The average Bonchev–Trinajstić information content (AvgIpc) is 3.81. The monoisotopic (exact) mass is 761 g/mol. The first kappa shape index (κ1) is 38.4. The molecule has 0 radical (unpaired) electrons. The highest BCUT2D eigenvalue weighted by Crippen LogP contribution is 2.57. The molecule has 1 aliphatic carbocycles. The van der Waals surface area contributed by atoms with Crippen molar-refractivity contribution in [2.24, 2.45) is 11.0 Å². The number of hydrogen-bond donors (Lipinski definition) is 2. The van der Waals surface area contributed by atoms with Gasteiger partial charge in [0.15, 0.2) is 23.3 Å². The third kappa shape index (κ3) is 7.70. The zero-order chi connectivity index (χ0) is 37.1. The SMILES string of the molecule is CC1(C)O[C@@H]2[C@H]3COP(=O)([O-])OP(=O)([O-])OC[C@H]4O[C@H]([C@@H]5OC(C)(C)O[C@@H]54)n4c(N=[N+]=[N-])nc5c(N)[n+](cnc54)[C@H](C3)[C@@H]2O1.CC[NH+](CC)CC. The first-order chi connectivity index (χ1) is 23.9. The summed E-state index contributed by atoms with van der Waals surface area (Å²) < 4.78 is 73.0. The van der Waals surface area contributed by atoms with E-state index in [1.165, 1.54) is 30.5 Å². The number of nitrogen functional groups attached to an aromatic ring is 1. The third-order valence-corrected chi connectivity index (χ3v) is 12.2. The summed E-state index contributed by atoms with van der Waals surface area (Å²) in [5.74, 6) is -2.78. The van der Waals surface area contributed by atoms with Crippen molar-refractivity contribution in [1.29, 1.82) is 0 Å². The Morgan fingerprint density at radius 1 is 1.00 bits per heavy atom. The van der Waals surface area contributed by atoms with Gasteiger partial charge in [-0.2, -0.15) is 0 Å². The van der Waals surface area contributed by atoms with Gasteiger partial charge in [0.25, 0.3) is 21.5 Å². The minimum Gasteiger partial charge on any atom is -0.756 e. The van der Waals surface area contributed by atoms with Gasteiger partial charge in [-0.05, 0) is 65.5 Å². The van der Waals surface area contributed by atoms with Crippen molar-refractivity contribution >= 4 is 38.6 Å². The Labute approximate surface area is 294 Å². The number of aromatic nitrogens is 4. The highest BCUT2D eigenvalue weighted by molar-refractivity contribution is 7.59. The van der Waals surface area contributed by atoms with Gasteiger partial charge >= 0.3 is 0 Å². The fraction of sp³-hybridized carbons (Fsp3) is 0.821. The molecule has 2 aromatic rings. The van der Waals surface area contributed by atoms with Crippen LogP contribution in [0.25, 0.3) is 21.6 Å². The molecule has 0 amide bonds. The molecule has 51 heavy (non-hydrogen) atoms. The Bertz CT molecular complexity index is 1760. The van der Waals surface area contributed by atoms with Crippen LogP contribution in [0.5, 0.6) is 0 Å². The number of rotatable bonds is 4. The predicted octanol–water partition coefficient (Wildman–Crippen LogP) is 0.673. The fourth-order valence-corrected chi connectivity index (χ4v) is 9.44. The van der Waals surface area contributed by atoms with Crippen LogP contribution in [-0.4, -0.2) is 89.5 Å². The maximum atomic E-state index is 12.6. The molecule has 0 aromatic carbocycles. The van der Waals surface area contributed by atoms with E-state index in [0.717, 1.165) is 0 Å². The lowest BCUT2D eigenvalue weighted by Crippen LogP contribution is -3.11. The van der Waals surface area contributed by atoms with Crippen LogP contribution in [0.1, 0.15) is 67.2 Å². The fourth-order valence-electron chi connectivity index (χ4n) is 7.38. The second-order valence-electron chi connectivity index (χ2n) is 13.8. The van der Waals surface area contributed by atoms with E-state index in [1.54, 1.807) is 37.2 Å². The number of quaternary nitrogens is 1. The van der Waals surface area contributed by atoms with Crippen LogP contribution in [0.3, 0.4) is 0 Å². The number of nitrogens with two attached hydrogens (primary N) is 1. The molecule has 0 spiro atoms. The first-order valence-corrected chi connectivity index (χ1v) is 19.8. The topological polar surface area (TPSA) is 268 Å². The molecule has 2 aromatic heterocycles. The summed E-state index contributed by atoms with van der Waals surface area (Å²) in [6.07, 6.45) is -3.63. The van der Waals surface area contributed by atoms with Crippen LogP contribution < -0.4 is 25.0 Å². The second kappa shape index (κ2) is 14.2. The number of ether oxygens (including phenoxy) is 5. The lowest BCUT2D eigenvalue weighted by atomic mass is 10.1. The van der Waals surface area contributed by atoms with E-state index in [1.807, 2.05) is 0 Å². The van der Waals surface area contributed by atoms with Crippen molar-refractivity contribution in [3.63, 3.8) is 0 Å². The van der Waals surface area contributed by atoms with Gasteiger partial charge in [-0.1, -0.05) is 4.98 Å². The molecule has 1 saturated carbocycles. The normalized spacial score (nSPS) is 38.2. The number of nitrogens with zero attached hydrogens (tertiary/aromatic N) is 7. The summed E-state index contributed by atoms with van der Waals surface area (Å²) in [6.45, 7) is 16.0. The molecule has 23 heteroatoms. The van der Waals surface area contributed by atoms with E-state index in [-0.39, 0.29) is 29.4 Å². The number of imidazole rings is 1. The summed E-state index contributed by atoms with van der Waals surface area (Å²) in [5.41, 5.74) is 16.4. The number of fused-ring (bicyclic) bond motifs is 9. The molecule has 10 atom stereocenters. The molecule has 284 valence electrons. The smallest absolute Gasteiger partial charge is 0.274 e. The minimum atomic E-state index is -5.48. The summed E-state index contributed by atoms with van der Waals surface area (Å²) in [5, 5.41) is 3.73. The van der Waals surface area contributed by atoms with E-state index < -0.39 is 89.1 Å². The third-order valence-electron chi connectivity index (χ3n) is 9.66. The average molecular weight is 762 g/mol. The van der Waals surface area contributed by atoms with Gasteiger partial charge in [0.1, 0.15) is 30.5 Å². The van der Waals surface area contributed by atoms with Crippen LogP contribution in [-0.2, 0) is 46.2 Å². The van der Waals surface area contributed by atoms with E-state index in [2.05, 4.69) is 45.1 Å². The van der Waals surface area contributed by atoms with Gasteiger partial charge in [-0.15, -0.1) is 0 Å². The molecule has 8 rings (SSSR count). The molecule has 3 N–H and O–H groups in total.